The summed E-state index contributed by atoms with van der Waals surface area (Å²) < 4.78 is 103. The Morgan fingerprint density at radius 1 is 1.15 bits per heavy atom. The molecule has 3 aliphatic rings. The van der Waals surface area contributed by atoms with Crippen LogP contribution in [0.2, 0.25) is 0 Å². The lowest BCUT2D eigenvalue weighted by Gasteiger charge is -2.40. The van der Waals surface area contributed by atoms with E-state index in [1.54, 1.807) is 30.7 Å². The van der Waals surface area contributed by atoms with Gasteiger partial charge < -0.3 is 18.8 Å². The van der Waals surface area contributed by atoms with Gasteiger partial charge in [-0.1, -0.05) is 0 Å². The SMILES string of the molecule is CC1(C)O[C@@H]2[C@@H](CN3CC(F)(F)CCC3COS(C)(=O)=O)OC(n3ccc4c(NS(C)(=O)=O)ncnc43)[C@@H]2O1. The van der Waals surface area contributed by atoms with Gasteiger partial charge in [0.1, 0.15) is 30.3 Å². The summed E-state index contributed by atoms with van der Waals surface area (Å²) in [5.41, 5.74) is 0.373. The zero-order valence-corrected chi connectivity index (χ0v) is 23.4. The fourth-order valence-corrected chi connectivity index (χ4v) is 6.28. The second kappa shape index (κ2) is 9.81. The maximum Gasteiger partial charge on any atom is 0.264 e. The van der Waals surface area contributed by atoms with Crippen molar-refractivity contribution >= 4 is 37.0 Å². The van der Waals surface area contributed by atoms with E-state index in [9.17, 15) is 25.6 Å². The zero-order valence-electron chi connectivity index (χ0n) is 21.8. The van der Waals surface area contributed by atoms with Crippen molar-refractivity contribution in [3.8, 4) is 0 Å². The van der Waals surface area contributed by atoms with Gasteiger partial charge in [0, 0.05) is 25.2 Å². The third-order valence-corrected chi connectivity index (χ3v) is 8.00. The number of likely N-dealkylation sites (tertiary alicyclic amines) is 1. The number of piperidine rings is 1. The molecule has 5 heterocycles. The standard InChI is InChI=1S/C22H31F2N5O8S2/c1-21(2)36-16-15(9-28-11-22(23,24)7-5-13(28)10-34-39(4,32)33)35-20(17(16)37-21)29-8-6-14-18(27-38(3,30)31)25-12-26-19(14)29/h6,8,12-13,15-17,20H,5,7,9-11H2,1-4H3,(H,25,26,27)/t13?,15-,16-,17-,20?/m1/s1. The number of hydrogen-bond donors (Lipinski definition) is 1. The molecule has 39 heavy (non-hydrogen) atoms. The summed E-state index contributed by atoms with van der Waals surface area (Å²) in [7, 11) is -7.36. The van der Waals surface area contributed by atoms with Crippen molar-refractivity contribution in [1.29, 1.82) is 0 Å². The number of alkyl halides is 2. The van der Waals surface area contributed by atoms with Crippen LogP contribution in [0.15, 0.2) is 18.6 Å². The minimum Gasteiger partial charge on any atom is -0.348 e. The van der Waals surface area contributed by atoms with Crippen molar-refractivity contribution in [3.05, 3.63) is 18.6 Å². The fourth-order valence-electron chi connectivity index (χ4n) is 5.36. The predicted octanol–water partition coefficient (Wildman–Crippen LogP) is 1.30. The average Bonchev–Trinajstić information content (AvgIpc) is 3.43. The lowest BCUT2D eigenvalue weighted by Crippen LogP contribution is -2.54. The quantitative estimate of drug-likeness (QED) is 0.440. The Kier molecular flexibility index (Phi) is 7.17. The molecule has 0 bridgehead atoms. The fraction of sp³-hybridized carbons (Fsp3) is 0.727. The number of rotatable bonds is 8. The molecule has 13 nitrogen and oxygen atoms in total. The van der Waals surface area contributed by atoms with Crippen molar-refractivity contribution in [2.45, 2.75) is 69.0 Å². The van der Waals surface area contributed by atoms with Gasteiger partial charge in [-0.05, 0) is 26.3 Å². The van der Waals surface area contributed by atoms with Crippen molar-refractivity contribution in [1.82, 2.24) is 19.4 Å². The van der Waals surface area contributed by atoms with E-state index < -0.39 is 69.0 Å². The Morgan fingerprint density at radius 2 is 1.87 bits per heavy atom. The van der Waals surface area contributed by atoms with Crippen LogP contribution in [-0.2, 0) is 38.5 Å². The minimum absolute atomic E-state index is 0.0134. The van der Waals surface area contributed by atoms with Crippen molar-refractivity contribution in [2.75, 3.05) is 36.9 Å². The second-order valence-electron chi connectivity index (χ2n) is 10.7. The van der Waals surface area contributed by atoms with Crippen molar-refractivity contribution in [3.63, 3.8) is 0 Å². The highest BCUT2D eigenvalue weighted by Gasteiger charge is 2.57. The summed E-state index contributed by atoms with van der Waals surface area (Å²) in [6, 6.07) is 1.07. The number of ether oxygens (including phenoxy) is 3. The summed E-state index contributed by atoms with van der Waals surface area (Å²) in [5, 5.41) is 0.429. The van der Waals surface area contributed by atoms with Gasteiger partial charge >= 0.3 is 0 Å². The Bertz CT molecular complexity index is 1450. The van der Waals surface area contributed by atoms with Crippen LogP contribution in [0, 0.1) is 0 Å². The van der Waals surface area contributed by atoms with Gasteiger partial charge in [0.05, 0.1) is 31.0 Å². The first-order chi connectivity index (χ1) is 18.0. The smallest absolute Gasteiger partial charge is 0.264 e. The summed E-state index contributed by atoms with van der Waals surface area (Å²) in [6.07, 6.45) is 1.69. The molecule has 0 saturated carbocycles. The number of anilines is 1. The molecule has 5 atom stereocenters. The van der Waals surface area contributed by atoms with Gasteiger partial charge in [0.2, 0.25) is 10.0 Å². The van der Waals surface area contributed by atoms with Crippen molar-refractivity contribution in [2.24, 2.45) is 0 Å². The molecule has 0 spiro atoms. The molecule has 3 fully saturated rings. The van der Waals surface area contributed by atoms with Crippen LogP contribution in [0.1, 0.15) is 32.9 Å². The minimum atomic E-state index is -3.76. The van der Waals surface area contributed by atoms with E-state index in [1.807, 2.05) is 0 Å². The molecule has 2 unspecified atom stereocenters. The molecule has 2 aromatic rings. The largest absolute Gasteiger partial charge is 0.348 e. The topological polar surface area (TPSA) is 151 Å². The van der Waals surface area contributed by atoms with Crippen LogP contribution in [0.3, 0.4) is 0 Å². The normalized spacial score (nSPS) is 31.0. The number of hydrogen-bond acceptors (Lipinski definition) is 11. The number of halogens is 2. The molecule has 0 radical (unpaired) electrons. The lowest BCUT2D eigenvalue weighted by atomic mass is 9.98. The highest BCUT2D eigenvalue weighted by molar-refractivity contribution is 7.92. The maximum absolute atomic E-state index is 14.4. The Labute approximate surface area is 224 Å². The van der Waals surface area contributed by atoms with Crippen LogP contribution in [0.4, 0.5) is 14.6 Å². The molecule has 17 heteroatoms. The molecule has 2 aromatic heterocycles. The summed E-state index contributed by atoms with van der Waals surface area (Å²) in [4.78, 5) is 9.81. The van der Waals surface area contributed by atoms with E-state index in [-0.39, 0.29) is 31.8 Å². The first-order valence-electron chi connectivity index (χ1n) is 12.3. The molecule has 218 valence electrons. The van der Waals surface area contributed by atoms with Crippen LogP contribution in [0.25, 0.3) is 11.0 Å². The van der Waals surface area contributed by atoms with E-state index in [2.05, 4.69) is 14.7 Å². The Hall–Kier alpha value is -2.02. The molecule has 5 rings (SSSR count). The van der Waals surface area contributed by atoms with Crippen LogP contribution in [-0.4, -0.2) is 105 Å². The number of nitrogens with zero attached hydrogens (tertiary/aromatic N) is 4. The van der Waals surface area contributed by atoms with E-state index in [0.29, 0.717) is 11.0 Å². The Morgan fingerprint density at radius 3 is 2.56 bits per heavy atom. The number of sulfonamides is 1. The highest BCUT2D eigenvalue weighted by Crippen LogP contribution is 2.45. The summed E-state index contributed by atoms with van der Waals surface area (Å²) in [5.74, 6) is -3.84. The third kappa shape index (κ3) is 6.34. The van der Waals surface area contributed by atoms with E-state index in [0.717, 1.165) is 12.5 Å². The van der Waals surface area contributed by atoms with Crippen LogP contribution >= 0.6 is 0 Å². The van der Waals surface area contributed by atoms with Crippen LogP contribution in [0.5, 0.6) is 0 Å². The summed E-state index contributed by atoms with van der Waals surface area (Å²) in [6.45, 7) is 2.65. The third-order valence-electron chi connectivity index (χ3n) is 6.87. The predicted molar refractivity (Wildman–Crippen MR) is 134 cm³/mol. The first-order valence-corrected chi connectivity index (χ1v) is 16.0. The number of fused-ring (bicyclic) bond motifs is 2. The molecule has 0 aliphatic carbocycles. The molecule has 3 saturated heterocycles. The van der Waals surface area contributed by atoms with Crippen molar-refractivity contribution < 1.29 is 44.0 Å². The molecular weight excluding hydrogens is 564 g/mol. The monoisotopic (exact) mass is 595 g/mol. The molecular formula is C22H31F2N5O8S2. The molecule has 3 aliphatic heterocycles. The van der Waals surface area contributed by atoms with E-state index >= 15 is 0 Å². The van der Waals surface area contributed by atoms with E-state index in [4.69, 9.17) is 18.4 Å². The maximum atomic E-state index is 14.4. The van der Waals surface area contributed by atoms with Gasteiger partial charge in [-0.25, -0.2) is 27.2 Å². The second-order valence-corrected chi connectivity index (χ2v) is 14.0. The number of aromatic nitrogens is 3. The zero-order chi connectivity index (χ0) is 28.4. The first kappa shape index (κ1) is 28.5. The molecule has 0 aromatic carbocycles. The lowest BCUT2D eigenvalue weighted by molar-refractivity contribution is -0.201. The molecule has 0 amide bonds. The van der Waals surface area contributed by atoms with Gasteiger partial charge in [-0.15, -0.1) is 0 Å². The number of nitrogens with one attached hydrogen (secondary N) is 1. The summed E-state index contributed by atoms with van der Waals surface area (Å²) >= 11 is 0. The van der Waals surface area contributed by atoms with Gasteiger partial charge in [0.15, 0.2) is 17.8 Å². The average molecular weight is 596 g/mol. The highest BCUT2D eigenvalue weighted by atomic mass is 32.2. The van der Waals surface area contributed by atoms with Gasteiger partial charge in [-0.2, -0.15) is 8.42 Å². The van der Waals surface area contributed by atoms with Crippen LogP contribution < -0.4 is 4.72 Å². The van der Waals surface area contributed by atoms with Gasteiger partial charge in [0.25, 0.3) is 16.0 Å². The van der Waals surface area contributed by atoms with Gasteiger partial charge in [-0.3, -0.25) is 13.8 Å². The molecule has 1 N–H and O–H groups in total. The Balaban J connectivity index is 1.43. The van der Waals surface area contributed by atoms with E-state index in [1.165, 1.54) is 11.2 Å².